The minimum absolute atomic E-state index is 0.0243. The molecule has 1 aliphatic rings. The van der Waals surface area contributed by atoms with Crippen molar-refractivity contribution in [3.05, 3.63) is 52.7 Å². The number of ether oxygens (including phenoxy) is 4. The normalized spacial score (nSPS) is 24.6. The summed E-state index contributed by atoms with van der Waals surface area (Å²) in [7, 11) is 2.59. The van der Waals surface area contributed by atoms with E-state index in [9.17, 15) is 30.0 Å². The van der Waals surface area contributed by atoms with Crippen LogP contribution < -0.4 is 14.9 Å². The van der Waals surface area contributed by atoms with Crippen molar-refractivity contribution < 1.29 is 48.6 Å². The molecule has 0 radical (unpaired) electrons. The van der Waals surface area contributed by atoms with Gasteiger partial charge in [0.1, 0.15) is 52.3 Å². The summed E-state index contributed by atoms with van der Waals surface area (Å²) in [6.45, 7) is 0. The molecule has 4 rings (SSSR count). The molecule has 1 fully saturated rings. The molecule has 0 spiro atoms. The van der Waals surface area contributed by atoms with Crippen molar-refractivity contribution in [1.82, 2.24) is 0 Å². The summed E-state index contributed by atoms with van der Waals surface area (Å²) < 4.78 is 26.3. The maximum atomic E-state index is 12.6. The Balaban J connectivity index is 1.69. The molecule has 0 saturated carbocycles. The topological polar surface area (TPSA) is 165 Å². The Morgan fingerprint density at radius 3 is 2.29 bits per heavy atom. The Morgan fingerprint density at radius 1 is 0.941 bits per heavy atom. The van der Waals surface area contributed by atoms with Crippen LogP contribution in [0.25, 0.3) is 22.3 Å². The lowest BCUT2D eigenvalue weighted by Crippen LogP contribution is -2.61. The fraction of sp³-hybridized carbons (Fsp3) is 0.304. The lowest BCUT2D eigenvalue weighted by molar-refractivity contribution is -0.271. The highest BCUT2D eigenvalue weighted by Crippen LogP contribution is 2.33. The number of aliphatic hydroxyl groups is 3. The summed E-state index contributed by atoms with van der Waals surface area (Å²) in [4.78, 5) is 24.5. The summed E-state index contributed by atoms with van der Waals surface area (Å²) in [5, 5.41) is 40.6. The molecule has 11 nitrogen and oxygen atoms in total. The molecule has 11 heteroatoms. The van der Waals surface area contributed by atoms with Crippen molar-refractivity contribution in [1.29, 1.82) is 0 Å². The van der Waals surface area contributed by atoms with E-state index in [1.165, 1.54) is 19.2 Å². The predicted octanol–water partition coefficient (Wildman–Crippen LogP) is 0.534. The quantitative estimate of drug-likeness (QED) is 0.381. The number of aliphatic hydroxyl groups excluding tert-OH is 3. The van der Waals surface area contributed by atoms with Crippen molar-refractivity contribution in [3.63, 3.8) is 0 Å². The smallest absolute Gasteiger partial charge is 0.337 e. The van der Waals surface area contributed by atoms with Gasteiger partial charge in [0.25, 0.3) is 0 Å². The number of phenols is 1. The molecular formula is C23H22O11. The zero-order valence-corrected chi connectivity index (χ0v) is 18.1. The monoisotopic (exact) mass is 474 g/mol. The molecule has 34 heavy (non-hydrogen) atoms. The Hall–Kier alpha value is -3.64. The first kappa shape index (κ1) is 23.5. The summed E-state index contributed by atoms with van der Waals surface area (Å²) in [5.74, 6) is -0.712. The van der Waals surface area contributed by atoms with Crippen LogP contribution in [-0.4, -0.2) is 71.3 Å². The average molecular weight is 474 g/mol. The standard InChI is InChI=1S/C23H22O11/c1-30-11-5-3-10(4-6-11)15-9-14(25)17-13(24)7-12(8-16(17)33-15)32-23-20(28)18(26)19(27)21(34-23)22(29)31-2/h3-9,18-21,23-24,26-28H,1-2H3/t18-,19-,20+,21-,23-/m1/s1. The number of hydrogen-bond donors (Lipinski definition) is 4. The molecule has 1 saturated heterocycles. The summed E-state index contributed by atoms with van der Waals surface area (Å²) in [6, 6.07) is 10.4. The number of methoxy groups -OCH3 is 2. The van der Waals surface area contributed by atoms with Gasteiger partial charge in [-0.1, -0.05) is 0 Å². The van der Waals surface area contributed by atoms with E-state index in [-0.39, 0.29) is 22.5 Å². The Morgan fingerprint density at radius 2 is 1.65 bits per heavy atom. The van der Waals surface area contributed by atoms with Crippen molar-refractivity contribution >= 4 is 16.9 Å². The van der Waals surface area contributed by atoms with Gasteiger partial charge in [-0.15, -0.1) is 0 Å². The van der Waals surface area contributed by atoms with E-state index >= 15 is 0 Å². The fourth-order valence-electron chi connectivity index (χ4n) is 3.60. The first-order chi connectivity index (χ1) is 16.2. The van der Waals surface area contributed by atoms with Crippen LogP contribution in [-0.2, 0) is 14.3 Å². The fourth-order valence-corrected chi connectivity index (χ4v) is 3.60. The summed E-state index contributed by atoms with van der Waals surface area (Å²) >= 11 is 0. The van der Waals surface area contributed by atoms with Gasteiger partial charge in [-0.2, -0.15) is 0 Å². The highest BCUT2D eigenvalue weighted by Gasteiger charge is 2.48. The highest BCUT2D eigenvalue weighted by molar-refractivity contribution is 5.86. The second kappa shape index (κ2) is 9.31. The molecule has 0 amide bonds. The molecule has 4 N–H and O–H groups in total. The van der Waals surface area contributed by atoms with Gasteiger partial charge in [-0.3, -0.25) is 4.79 Å². The van der Waals surface area contributed by atoms with E-state index in [0.717, 1.165) is 13.2 Å². The molecule has 2 aromatic carbocycles. The molecular weight excluding hydrogens is 452 g/mol. The van der Waals surface area contributed by atoms with Crippen LogP contribution in [0.1, 0.15) is 0 Å². The largest absolute Gasteiger partial charge is 0.507 e. The maximum Gasteiger partial charge on any atom is 0.337 e. The zero-order valence-electron chi connectivity index (χ0n) is 18.1. The van der Waals surface area contributed by atoms with E-state index in [4.69, 9.17) is 18.6 Å². The third-order valence-electron chi connectivity index (χ3n) is 5.41. The lowest BCUT2D eigenvalue weighted by atomic mass is 9.99. The predicted molar refractivity (Wildman–Crippen MR) is 115 cm³/mol. The third kappa shape index (κ3) is 4.29. The molecule has 2 heterocycles. The number of carbonyl (C=O) groups excluding carboxylic acids is 1. The molecule has 0 unspecified atom stereocenters. The van der Waals surface area contributed by atoms with Crippen LogP contribution in [0.3, 0.4) is 0 Å². The summed E-state index contributed by atoms with van der Waals surface area (Å²) in [5.41, 5.74) is 0.0489. The molecule has 3 aromatic rings. The van der Waals surface area contributed by atoms with E-state index in [0.29, 0.717) is 11.3 Å². The van der Waals surface area contributed by atoms with Crippen LogP contribution in [0, 0.1) is 0 Å². The Kier molecular flexibility index (Phi) is 6.44. The van der Waals surface area contributed by atoms with E-state index in [1.807, 2.05) is 0 Å². The van der Waals surface area contributed by atoms with E-state index in [2.05, 4.69) is 4.74 Å². The number of phenolic OH excluding ortho intramolecular Hbond substituents is 1. The van der Waals surface area contributed by atoms with E-state index < -0.39 is 47.9 Å². The van der Waals surface area contributed by atoms with Gasteiger partial charge >= 0.3 is 5.97 Å². The second-order valence-corrected chi connectivity index (χ2v) is 7.56. The zero-order chi connectivity index (χ0) is 24.6. The van der Waals surface area contributed by atoms with Gasteiger partial charge in [-0.25, -0.2) is 4.79 Å². The van der Waals surface area contributed by atoms with Gasteiger partial charge in [-0.05, 0) is 24.3 Å². The van der Waals surface area contributed by atoms with E-state index in [1.54, 1.807) is 24.3 Å². The van der Waals surface area contributed by atoms with Crippen LogP contribution in [0.15, 0.2) is 51.7 Å². The Bertz CT molecular complexity index is 1250. The van der Waals surface area contributed by atoms with Crippen molar-refractivity contribution in [2.45, 2.75) is 30.7 Å². The van der Waals surface area contributed by atoms with Crippen molar-refractivity contribution in [3.8, 4) is 28.6 Å². The molecule has 0 bridgehead atoms. The molecule has 5 atom stereocenters. The number of rotatable bonds is 5. The number of fused-ring (bicyclic) bond motifs is 1. The summed E-state index contributed by atoms with van der Waals surface area (Å²) in [6.07, 6.45) is -8.52. The first-order valence-corrected chi connectivity index (χ1v) is 10.1. The first-order valence-electron chi connectivity index (χ1n) is 10.1. The SMILES string of the molecule is COC(=O)[C@@H]1O[C@@H](Oc2cc(O)c3c(=O)cc(-c4ccc(OC)cc4)oc3c2)[C@@H](O)[C@H](O)[C@H]1O. The lowest BCUT2D eigenvalue weighted by Gasteiger charge is -2.38. The molecule has 1 aromatic heterocycles. The van der Waals surface area contributed by atoms with Gasteiger partial charge in [0.2, 0.25) is 6.29 Å². The number of esters is 1. The highest BCUT2D eigenvalue weighted by atomic mass is 16.7. The number of benzene rings is 2. The number of aromatic hydroxyl groups is 1. The third-order valence-corrected chi connectivity index (χ3v) is 5.41. The maximum absolute atomic E-state index is 12.6. The number of hydrogen-bond acceptors (Lipinski definition) is 11. The molecule has 1 aliphatic heterocycles. The van der Waals surface area contributed by atoms with Crippen molar-refractivity contribution in [2.75, 3.05) is 14.2 Å². The molecule has 180 valence electrons. The Labute approximate surface area is 192 Å². The van der Waals surface area contributed by atoms with Crippen molar-refractivity contribution in [2.24, 2.45) is 0 Å². The van der Waals surface area contributed by atoms with Crippen LogP contribution in [0.2, 0.25) is 0 Å². The van der Waals surface area contributed by atoms with Gasteiger partial charge < -0.3 is 43.8 Å². The average Bonchev–Trinajstić information content (AvgIpc) is 2.83. The van der Waals surface area contributed by atoms with Gasteiger partial charge in [0, 0.05) is 23.8 Å². The number of carbonyl (C=O) groups is 1. The van der Waals surface area contributed by atoms with Crippen LogP contribution in [0.4, 0.5) is 0 Å². The second-order valence-electron chi connectivity index (χ2n) is 7.56. The van der Waals surface area contributed by atoms with Gasteiger partial charge in [0.05, 0.1) is 14.2 Å². The minimum atomic E-state index is -1.78. The molecule has 0 aliphatic carbocycles. The van der Waals surface area contributed by atoms with Crippen LogP contribution >= 0.6 is 0 Å². The van der Waals surface area contributed by atoms with Gasteiger partial charge in [0.15, 0.2) is 11.5 Å². The minimum Gasteiger partial charge on any atom is -0.507 e. The van der Waals surface area contributed by atoms with Crippen LogP contribution in [0.5, 0.6) is 17.2 Å².